The second kappa shape index (κ2) is 7.93. The first-order chi connectivity index (χ1) is 8.61. The highest BCUT2D eigenvalue weighted by Crippen LogP contribution is 2.10. The summed E-state index contributed by atoms with van der Waals surface area (Å²) in [5.74, 6) is 0.207. The van der Waals surface area contributed by atoms with Gasteiger partial charge in [-0.15, -0.1) is 0 Å². The van der Waals surface area contributed by atoms with E-state index in [1.165, 1.54) is 0 Å². The molecule has 1 heterocycles. The predicted molar refractivity (Wildman–Crippen MR) is 61.3 cm³/mol. The molecule has 0 aliphatic rings. The van der Waals surface area contributed by atoms with Crippen molar-refractivity contribution in [2.75, 3.05) is 31.7 Å². The molecule has 0 aromatic carbocycles. The minimum absolute atomic E-state index is 0.00977. The monoisotopic (exact) mass is 282 g/mol. The summed E-state index contributed by atoms with van der Waals surface area (Å²) in [6.45, 7) is 1.97. The molecule has 0 spiro atoms. The molecular formula is C9H13ClF2N4O2. The van der Waals surface area contributed by atoms with E-state index in [4.69, 9.17) is 16.3 Å². The van der Waals surface area contributed by atoms with Gasteiger partial charge in [0.2, 0.25) is 11.2 Å². The summed E-state index contributed by atoms with van der Waals surface area (Å²) < 4.78 is 33.3. The Balaban J connectivity index is 2.37. The van der Waals surface area contributed by atoms with Crippen LogP contribution in [0.25, 0.3) is 0 Å². The van der Waals surface area contributed by atoms with Gasteiger partial charge in [-0.2, -0.15) is 15.0 Å². The first kappa shape index (κ1) is 14.8. The molecule has 1 aromatic rings. The zero-order valence-corrected chi connectivity index (χ0v) is 10.5. The van der Waals surface area contributed by atoms with Crippen molar-refractivity contribution in [3.8, 4) is 6.01 Å². The zero-order valence-electron chi connectivity index (χ0n) is 9.70. The summed E-state index contributed by atoms with van der Waals surface area (Å²) in [5.41, 5.74) is 0. The van der Waals surface area contributed by atoms with Gasteiger partial charge in [0, 0.05) is 6.54 Å². The second-order valence-electron chi connectivity index (χ2n) is 3.04. The maximum absolute atomic E-state index is 11.8. The number of nitrogens with zero attached hydrogens (tertiary/aromatic N) is 3. The topological polar surface area (TPSA) is 69.2 Å². The van der Waals surface area contributed by atoms with E-state index in [2.05, 4.69) is 25.0 Å². The lowest BCUT2D eigenvalue weighted by Crippen LogP contribution is -2.15. The summed E-state index contributed by atoms with van der Waals surface area (Å²) in [6.07, 6.45) is -2.47. The van der Waals surface area contributed by atoms with Crippen molar-refractivity contribution in [2.45, 2.75) is 13.3 Å². The zero-order chi connectivity index (χ0) is 13.4. The number of hydrogen-bond acceptors (Lipinski definition) is 6. The number of anilines is 1. The molecule has 0 bridgehead atoms. The van der Waals surface area contributed by atoms with Crippen LogP contribution in [0.5, 0.6) is 6.01 Å². The Bertz CT molecular complexity index is 370. The van der Waals surface area contributed by atoms with Gasteiger partial charge in [-0.25, -0.2) is 8.78 Å². The van der Waals surface area contributed by atoms with Gasteiger partial charge in [-0.3, -0.25) is 0 Å². The van der Waals surface area contributed by atoms with Crippen LogP contribution < -0.4 is 10.1 Å². The summed E-state index contributed by atoms with van der Waals surface area (Å²) in [6, 6.07) is 0.105. The highest BCUT2D eigenvalue weighted by molar-refractivity contribution is 6.28. The maximum atomic E-state index is 11.8. The molecule has 0 radical (unpaired) electrons. The Morgan fingerprint density at radius 1 is 1.33 bits per heavy atom. The van der Waals surface area contributed by atoms with Gasteiger partial charge in [0.15, 0.2) is 0 Å². The quantitative estimate of drug-likeness (QED) is 0.731. The van der Waals surface area contributed by atoms with E-state index in [0.29, 0.717) is 6.61 Å². The molecule has 1 rings (SSSR count). The Kier molecular flexibility index (Phi) is 6.51. The van der Waals surface area contributed by atoms with E-state index in [9.17, 15) is 8.78 Å². The highest BCUT2D eigenvalue weighted by Gasteiger charge is 2.05. The number of hydrogen-bond donors (Lipinski definition) is 1. The van der Waals surface area contributed by atoms with E-state index in [-0.39, 0.29) is 30.4 Å². The number of aromatic nitrogens is 3. The van der Waals surface area contributed by atoms with E-state index in [1.807, 2.05) is 0 Å². The Morgan fingerprint density at radius 3 is 2.78 bits per heavy atom. The normalized spacial score (nSPS) is 10.7. The van der Waals surface area contributed by atoms with Crippen LogP contribution >= 0.6 is 11.6 Å². The molecule has 6 nitrogen and oxygen atoms in total. The smallest absolute Gasteiger partial charge is 0.322 e. The standard InChI is InChI=1S/C9H13ClF2N4O2/c1-2-18-9-15-7(10)14-8(16-9)13-3-4-17-5-6(11)12/h6H,2-5H2,1H3,(H,13,14,15,16). The Labute approximate surface area is 108 Å². The van der Waals surface area contributed by atoms with E-state index in [1.54, 1.807) is 6.92 Å². The second-order valence-corrected chi connectivity index (χ2v) is 3.37. The number of halogens is 3. The van der Waals surface area contributed by atoms with Crippen molar-refractivity contribution in [1.82, 2.24) is 15.0 Å². The minimum Gasteiger partial charge on any atom is -0.464 e. The molecule has 0 amide bonds. The number of rotatable bonds is 8. The molecule has 0 fully saturated rings. The fourth-order valence-corrected chi connectivity index (χ4v) is 1.16. The molecule has 9 heteroatoms. The van der Waals surface area contributed by atoms with Crippen LogP contribution in [0.2, 0.25) is 5.28 Å². The van der Waals surface area contributed by atoms with Crippen LogP contribution in [0, 0.1) is 0 Å². The van der Waals surface area contributed by atoms with Gasteiger partial charge >= 0.3 is 6.01 Å². The molecule has 0 saturated heterocycles. The van der Waals surface area contributed by atoms with Crippen LogP contribution in [0.3, 0.4) is 0 Å². The van der Waals surface area contributed by atoms with Crippen LogP contribution in [-0.2, 0) is 4.74 Å². The average Bonchev–Trinajstić information content (AvgIpc) is 2.28. The summed E-state index contributed by atoms with van der Waals surface area (Å²) in [4.78, 5) is 11.5. The fourth-order valence-electron chi connectivity index (χ4n) is 1.01. The largest absolute Gasteiger partial charge is 0.464 e. The molecule has 0 atom stereocenters. The third kappa shape index (κ3) is 5.87. The van der Waals surface area contributed by atoms with Crippen LogP contribution in [0.1, 0.15) is 6.92 Å². The van der Waals surface area contributed by atoms with Crippen LogP contribution in [-0.4, -0.2) is 47.7 Å². The van der Waals surface area contributed by atoms with Crippen molar-refractivity contribution in [1.29, 1.82) is 0 Å². The highest BCUT2D eigenvalue weighted by atomic mass is 35.5. The lowest BCUT2D eigenvalue weighted by Gasteiger charge is -2.07. The van der Waals surface area contributed by atoms with Crippen molar-refractivity contribution in [2.24, 2.45) is 0 Å². The minimum atomic E-state index is -2.47. The Hall–Kier alpha value is -1.28. The lowest BCUT2D eigenvalue weighted by atomic mass is 10.6. The van der Waals surface area contributed by atoms with E-state index >= 15 is 0 Å². The fraction of sp³-hybridized carbons (Fsp3) is 0.667. The SMILES string of the molecule is CCOc1nc(Cl)nc(NCCOCC(F)F)n1. The van der Waals surface area contributed by atoms with Crippen molar-refractivity contribution >= 4 is 17.5 Å². The van der Waals surface area contributed by atoms with Gasteiger partial charge in [-0.1, -0.05) is 0 Å². The van der Waals surface area contributed by atoms with Crippen LogP contribution in [0.15, 0.2) is 0 Å². The van der Waals surface area contributed by atoms with Gasteiger partial charge in [0.05, 0.1) is 13.2 Å². The summed E-state index contributed by atoms with van der Waals surface area (Å²) >= 11 is 5.65. The van der Waals surface area contributed by atoms with Crippen LogP contribution in [0.4, 0.5) is 14.7 Å². The molecule has 102 valence electrons. The van der Waals surface area contributed by atoms with Crippen molar-refractivity contribution in [3.63, 3.8) is 0 Å². The van der Waals surface area contributed by atoms with Gasteiger partial charge in [0.1, 0.15) is 6.61 Å². The third-order valence-corrected chi connectivity index (χ3v) is 1.80. The molecule has 1 N–H and O–H groups in total. The predicted octanol–water partition coefficient (Wildman–Crippen LogP) is 1.62. The molecule has 0 saturated carbocycles. The number of ether oxygens (including phenoxy) is 2. The number of alkyl halides is 2. The molecule has 18 heavy (non-hydrogen) atoms. The Morgan fingerprint density at radius 2 is 2.11 bits per heavy atom. The van der Waals surface area contributed by atoms with E-state index < -0.39 is 13.0 Å². The first-order valence-corrected chi connectivity index (χ1v) is 5.63. The average molecular weight is 283 g/mol. The number of nitrogens with one attached hydrogen (secondary N) is 1. The maximum Gasteiger partial charge on any atom is 0.322 e. The van der Waals surface area contributed by atoms with Crippen molar-refractivity contribution < 1.29 is 18.3 Å². The molecule has 0 unspecified atom stereocenters. The molecular weight excluding hydrogens is 270 g/mol. The lowest BCUT2D eigenvalue weighted by molar-refractivity contribution is 0.0214. The molecule has 0 aliphatic heterocycles. The first-order valence-electron chi connectivity index (χ1n) is 5.26. The van der Waals surface area contributed by atoms with Gasteiger partial charge in [0.25, 0.3) is 6.43 Å². The molecule has 0 aliphatic carbocycles. The third-order valence-electron chi connectivity index (χ3n) is 1.63. The van der Waals surface area contributed by atoms with Gasteiger partial charge in [-0.05, 0) is 18.5 Å². The van der Waals surface area contributed by atoms with Crippen molar-refractivity contribution in [3.05, 3.63) is 5.28 Å². The summed E-state index contributed by atoms with van der Waals surface area (Å²) in [7, 11) is 0. The summed E-state index contributed by atoms with van der Waals surface area (Å²) in [5, 5.41) is 2.75. The van der Waals surface area contributed by atoms with E-state index in [0.717, 1.165) is 0 Å². The van der Waals surface area contributed by atoms with Gasteiger partial charge < -0.3 is 14.8 Å². The molecule has 1 aromatic heterocycles.